The number of halogens is 1. The number of Topliss-reactive ketones (excluding diaryl/α,β-unsaturated/α-hetero) is 1. The molecule has 0 saturated carbocycles. The van der Waals surface area contributed by atoms with Crippen molar-refractivity contribution < 1.29 is 27.6 Å². The van der Waals surface area contributed by atoms with Gasteiger partial charge in [0.25, 0.3) is 5.69 Å². The molecule has 1 aliphatic carbocycles. The number of ether oxygens (including phenoxy) is 2. The van der Waals surface area contributed by atoms with Crippen LogP contribution in [0.1, 0.15) is 61.9 Å². The number of benzene rings is 3. The number of aromatic nitrogens is 2. The number of ketones is 1. The quantitative estimate of drug-likeness (QED) is 0.0622. The van der Waals surface area contributed by atoms with Gasteiger partial charge in [0.15, 0.2) is 15.6 Å². The summed E-state index contributed by atoms with van der Waals surface area (Å²) in [6.45, 7) is 10.5. The average molecular weight is 867 g/mol. The maximum atomic E-state index is 14.0. The monoisotopic (exact) mass is 866 g/mol. The van der Waals surface area contributed by atoms with Crippen LogP contribution in [0.2, 0.25) is 5.02 Å². The second-order valence-electron chi connectivity index (χ2n) is 17.1. The molecule has 2 N–H and O–H groups in total. The Balaban J connectivity index is 1.00. The molecular formula is C46H51ClN6O7S. The number of pyridine rings is 1. The van der Waals surface area contributed by atoms with Crippen LogP contribution in [0.15, 0.2) is 95.7 Å². The number of carbonyl (C=O) groups excluding carboxylic acids is 1. The Bertz CT molecular complexity index is 2560. The van der Waals surface area contributed by atoms with Crippen molar-refractivity contribution in [3.8, 4) is 11.5 Å². The van der Waals surface area contributed by atoms with E-state index in [4.69, 9.17) is 21.1 Å². The Morgan fingerprint density at radius 1 is 1.03 bits per heavy atom. The molecule has 3 aromatic carbocycles. The van der Waals surface area contributed by atoms with E-state index in [0.717, 1.165) is 87.0 Å². The van der Waals surface area contributed by atoms with Gasteiger partial charge in [-0.15, -0.1) is 0 Å². The van der Waals surface area contributed by atoms with Gasteiger partial charge in [-0.05, 0) is 103 Å². The number of nitrogens with zero attached hydrogens (tertiary/aromatic N) is 4. The second-order valence-corrected chi connectivity index (χ2v) is 19.5. The van der Waals surface area contributed by atoms with E-state index in [2.05, 4.69) is 51.1 Å². The smallest absolute Gasteiger partial charge is 0.293 e. The van der Waals surface area contributed by atoms with Crippen LogP contribution < -0.4 is 15.0 Å². The van der Waals surface area contributed by atoms with Gasteiger partial charge in [0.05, 0.1) is 21.6 Å². The van der Waals surface area contributed by atoms with Gasteiger partial charge in [0, 0.05) is 86.9 Å². The molecule has 2 saturated heterocycles. The fourth-order valence-corrected chi connectivity index (χ4v) is 9.93. The highest BCUT2D eigenvalue weighted by molar-refractivity contribution is 7.92. The number of nitro groups is 1. The molecule has 4 heterocycles. The number of rotatable bonds is 14. The minimum absolute atomic E-state index is 0.0752. The van der Waals surface area contributed by atoms with Crippen LogP contribution in [0.25, 0.3) is 16.6 Å². The topological polar surface area (TPSA) is 160 Å². The van der Waals surface area contributed by atoms with Crippen molar-refractivity contribution in [1.82, 2.24) is 14.9 Å². The van der Waals surface area contributed by atoms with Gasteiger partial charge in [-0.25, -0.2) is 13.4 Å². The number of sulfone groups is 1. The fraction of sp³-hybridized carbons (Fsp3) is 0.391. The Hall–Kier alpha value is -5.28. The summed E-state index contributed by atoms with van der Waals surface area (Å²) in [5.41, 5.74) is 5.79. The summed E-state index contributed by atoms with van der Waals surface area (Å²) in [5, 5.41) is 16.8. The Labute approximate surface area is 361 Å². The summed E-state index contributed by atoms with van der Waals surface area (Å²) in [5.74, 6) is -0.752. The number of nitrogens with one attached hydrogen (secondary N) is 2. The number of hydrogen-bond donors (Lipinski definition) is 2. The van der Waals surface area contributed by atoms with E-state index < -0.39 is 26.3 Å². The van der Waals surface area contributed by atoms with Crippen LogP contribution in [0, 0.1) is 21.4 Å². The van der Waals surface area contributed by atoms with Gasteiger partial charge in [-0.2, -0.15) is 0 Å². The minimum atomic E-state index is -4.30. The van der Waals surface area contributed by atoms with Crippen molar-refractivity contribution in [2.75, 3.05) is 68.5 Å². The highest BCUT2D eigenvalue weighted by atomic mass is 35.5. The lowest BCUT2D eigenvalue weighted by molar-refractivity contribution is -0.384. The van der Waals surface area contributed by atoms with Gasteiger partial charge in [0.1, 0.15) is 28.6 Å². The van der Waals surface area contributed by atoms with Gasteiger partial charge in [0.2, 0.25) is 0 Å². The molecule has 0 spiro atoms. The molecule has 61 heavy (non-hydrogen) atoms. The molecule has 3 aliphatic rings. The Kier molecular flexibility index (Phi) is 12.5. The second kappa shape index (κ2) is 18.0. The van der Waals surface area contributed by atoms with Crippen molar-refractivity contribution in [2.45, 2.75) is 50.8 Å². The summed E-state index contributed by atoms with van der Waals surface area (Å²) in [6, 6.07) is 20.8. The lowest BCUT2D eigenvalue weighted by Crippen LogP contribution is -2.47. The van der Waals surface area contributed by atoms with E-state index in [-0.39, 0.29) is 38.9 Å². The molecule has 320 valence electrons. The number of allylic oxidation sites excluding steroid dienone is 1. The molecule has 5 aromatic rings. The molecule has 0 atom stereocenters. The summed E-state index contributed by atoms with van der Waals surface area (Å²) >= 11 is 6.24. The van der Waals surface area contributed by atoms with E-state index in [0.29, 0.717) is 31.2 Å². The number of nitro benzene ring substituents is 1. The van der Waals surface area contributed by atoms with E-state index >= 15 is 0 Å². The molecule has 0 amide bonds. The minimum Gasteiger partial charge on any atom is -0.455 e. The van der Waals surface area contributed by atoms with Crippen LogP contribution >= 0.6 is 11.6 Å². The molecule has 15 heteroatoms. The molecule has 2 aromatic heterocycles. The van der Waals surface area contributed by atoms with Crippen LogP contribution in [0.5, 0.6) is 11.5 Å². The Morgan fingerprint density at radius 3 is 2.56 bits per heavy atom. The largest absolute Gasteiger partial charge is 0.455 e. The van der Waals surface area contributed by atoms with Crippen LogP contribution in [0.3, 0.4) is 0 Å². The first-order valence-electron chi connectivity index (χ1n) is 20.9. The van der Waals surface area contributed by atoms with Crippen LogP contribution in [0.4, 0.5) is 17.1 Å². The molecule has 0 radical (unpaired) electrons. The number of H-pyrrole nitrogens is 1. The number of fused-ring (bicyclic) bond motifs is 1. The summed E-state index contributed by atoms with van der Waals surface area (Å²) in [4.78, 5) is 37.4. The van der Waals surface area contributed by atoms with Crippen molar-refractivity contribution in [3.63, 3.8) is 0 Å². The summed E-state index contributed by atoms with van der Waals surface area (Å²) < 4.78 is 39.3. The van der Waals surface area contributed by atoms with E-state index in [1.54, 1.807) is 30.6 Å². The van der Waals surface area contributed by atoms with Crippen LogP contribution in [-0.2, 0) is 14.6 Å². The molecule has 2 fully saturated rings. The van der Waals surface area contributed by atoms with E-state index in [1.807, 2.05) is 24.3 Å². The molecule has 0 unspecified atom stereocenters. The molecular weight excluding hydrogens is 816 g/mol. The zero-order valence-electron chi connectivity index (χ0n) is 34.5. The highest BCUT2D eigenvalue weighted by Crippen LogP contribution is 2.43. The third-order valence-electron chi connectivity index (χ3n) is 12.2. The summed E-state index contributed by atoms with van der Waals surface area (Å²) in [6.07, 6.45) is 8.20. The molecule has 13 nitrogen and oxygen atoms in total. The van der Waals surface area contributed by atoms with Crippen molar-refractivity contribution in [1.29, 1.82) is 0 Å². The van der Waals surface area contributed by atoms with Crippen LogP contribution in [-0.4, -0.2) is 92.2 Å². The average Bonchev–Trinajstić information content (AvgIpc) is 3.72. The van der Waals surface area contributed by atoms with Gasteiger partial charge < -0.3 is 24.7 Å². The highest BCUT2D eigenvalue weighted by Gasteiger charge is 2.31. The third-order valence-corrected chi connectivity index (χ3v) is 14.0. The predicted molar refractivity (Wildman–Crippen MR) is 239 cm³/mol. The maximum Gasteiger partial charge on any atom is 0.293 e. The van der Waals surface area contributed by atoms with Crippen molar-refractivity contribution in [3.05, 3.63) is 117 Å². The number of aromatic amines is 1. The SMILES string of the molecule is CC1(C)CCC(CN2CCN(c3ccc(C(=O)CS(=O)(=O)c4ccc(NCC5CCOCC5)c([N+](=O)[O-])c4)c(Oc4cnc5[nH]ccc5c4)c3)CC2)=C(c2ccc(Cl)cc2)C1. The lowest BCUT2D eigenvalue weighted by atomic mass is 9.72. The van der Waals surface area contributed by atoms with Gasteiger partial charge >= 0.3 is 0 Å². The zero-order chi connectivity index (χ0) is 42.7. The first-order valence-corrected chi connectivity index (χ1v) is 22.9. The summed E-state index contributed by atoms with van der Waals surface area (Å²) in [7, 11) is -4.30. The zero-order valence-corrected chi connectivity index (χ0v) is 36.1. The number of carbonyl (C=O) groups is 1. The van der Waals surface area contributed by atoms with E-state index in [9.17, 15) is 23.3 Å². The number of piperazine rings is 1. The fourth-order valence-electron chi connectivity index (χ4n) is 8.57. The Morgan fingerprint density at radius 2 is 1.80 bits per heavy atom. The first kappa shape index (κ1) is 42.4. The van der Waals surface area contributed by atoms with Crippen molar-refractivity contribution in [2.24, 2.45) is 11.3 Å². The lowest BCUT2D eigenvalue weighted by Gasteiger charge is -2.39. The maximum absolute atomic E-state index is 14.0. The first-order chi connectivity index (χ1) is 29.3. The number of anilines is 2. The normalized spacial score (nSPS) is 17.7. The van der Waals surface area contributed by atoms with Gasteiger partial charge in [-0.1, -0.05) is 43.2 Å². The molecule has 8 rings (SSSR count). The third kappa shape index (κ3) is 10.1. The molecule has 2 aliphatic heterocycles. The number of hydrogen-bond acceptors (Lipinski definition) is 11. The van der Waals surface area contributed by atoms with E-state index in [1.165, 1.54) is 28.8 Å². The standard InChI is InChI=1S/C46H51ClN6O7S/c1-46(2)15-11-34(40(26-46)32-3-5-35(47)6-4-32)29-51-17-19-52(20-18-51)36-7-9-39(44(24-36)60-37-23-33-12-16-48-45(33)50-28-37)43(54)30-61(57,58)38-8-10-41(42(25-38)53(55)56)49-27-31-13-21-59-22-14-31/h3-10,12,16,23-25,28,31,49H,11,13-15,17-22,26-27,29-30H2,1-2H3,(H,48,50). The van der Waals surface area contributed by atoms with Crippen molar-refractivity contribution >= 4 is 60.9 Å². The molecule has 0 bridgehead atoms. The van der Waals surface area contributed by atoms with Gasteiger partial charge in [-0.3, -0.25) is 19.8 Å². The predicted octanol–water partition coefficient (Wildman–Crippen LogP) is 9.20.